The van der Waals surface area contributed by atoms with Crippen LogP contribution >= 0.6 is 0 Å². The number of amides is 1. The first-order valence-corrected chi connectivity index (χ1v) is 5.09. The van der Waals surface area contributed by atoms with Gasteiger partial charge >= 0.3 is 0 Å². The first kappa shape index (κ1) is 11.2. The van der Waals surface area contributed by atoms with E-state index in [0.717, 1.165) is 0 Å². The predicted octanol–water partition coefficient (Wildman–Crippen LogP) is 0.0535. The molecule has 2 rings (SSSR count). The molecule has 1 aromatic heterocycles. The van der Waals surface area contributed by atoms with Crippen LogP contribution in [0.4, 0.5) is 11.8 Å². The topological polar surface area (TPSA) is 81.3 Å². The van der Waals surface area contributed by atoms with Crippen LogP contribution < -0.4 is 15.4 Å². The number of carbonyl (C=O) groups is 1. The maximum absolute atomic E-state index is 11.7. The molecule has 1 fully saturated rings. The first-order chi connectivity index (χ1) is 8.13. The summed E-state index contributed by atoms with van der Waals surface area (Å²) in [5.41, 5.74) is 5.61. The number of hydrogen-bond donors (Lipinski definition) is 1. The fourth-order valence-electron chi connectivity index (χ4n) is 1.67. The summed E-state index contributed by atoms with van der Waals surface area (Å²) in [6.07, 6.45) is 5.62. The van der Waals surface area contributed by atoms with Crippen molar-refractivity contribution in [3.63, 3.8) is 0 Å². The summed E-state index contributed by atoms with van der Waals surface area (Å²) >= 11 is 0. The maximum atomic E-state index is 11.7. The SMILES string of the molecule is C#CC1CC(=O)N(c2nc(N)cc(OC)n2)C1. The molecular formula is C11H12N4O2. The normalized spacial score (nSPS) is 19.2. The molecule has 0 spiro atoms. The van der Waals surface area contributed by atoms with Gasteiger partial charge in [0.25, 0.3) is 0 Å². The lowest BCUT2D eigenvalue weighted by atomic mass is 10.1. The van der Waals surface area contributed by atoms with Gasteiger partial charge in [-0.05, 0) is 0 Å². The number of nitrogen functional groups attached to an aromatic ring is 1. The van der Waals surface area contributed by atoms with Gasteiger partial charge in [-0.25, -0.2) is 0 Å². The standard InChI is InChI=1S/C11H12N4O2/c1-3-7-4-10(16)15(6-7)11-13-8(12)5-9(14-11)17-2/h1,5,7H,4,6H2,2H3,(H2,12,13,14). The Bertz CT molecular complexity index is 495. The Hall–Kier alpha value is -2.29. The van der Waals surface area contributed by atoms with Crippen molar-refractivity contribution in [1.29, 1.82) is 0 Å². The number of nitrogens with zero attached hydrogens (tertiary/aromatic N) is 3. The summed E-state index contributed by atoms with van der Waals surface area (Å²) in [6.45, 7) is 0.419. The smallest absolute Gasteiger partial charge is 0.237 e. The maximum Gasteiger partial charge on any atom is 0.237 e. The van der Waals surface area contributed by atoms with Crippen LogP contribution in [0.1, 0.15) is 6.42 Å². The van der Waals surface area contributed by atoms with Gasteiger partial charge in [-0.1, -0.05) is 0 Å². The molecule has 6 heteroatoms. The van der Waals surface area contributed by atoms with Gasteiger partial charge in [0.15, 0.2) is 0 Å². The van der Waals surface area contributed by atoms with Crippen LogP contribution in [0, 0.1) is 18.3 Å². The molecule has 6 nitrogen and oxygen atoms in total. The third kappa shape index (κ3) is 2.13. The fourth-order valence-corrected chi connectivity index (χ4v) is 1.67. The van der Waals surface area contributed by atoms with Crippen LogP contribution in [0.25, 0.3) is 0 Å². The van der Waals surface area contributed by atoms with Crippen molar-refractivity contribution in [3.05, 3.63) is 6.07 Å². The van der Waals surface area contributed by atoms with E-state index in [1.165, 1.54) is 18.1 Å². The van der Waals surface area contributed by atoms with Crippen LogP contribution in [-0.4, -0.2) is 29.5 Å². The number of anilines is 2. The minimum absolute atomic E-state index is 0.0967. The second-order valence-electron chi connectivity index (χ2n) is 3.71. The molecule has 0 saturated carbocycles. The predicted molar refractivity (Wildman–Crippen MR) is 62.3 cm³/mol. The monoisotopic (exact) mass is 232 g/mol. The van der Waals surface area contributed by atoms with Crippen molar-refractivity contribution in [2.75, 3.05) is 24.3 Å². The number of ether oxygens (including phenoxy) is 1. The Labute approximate surface area is 98.8 Å². The third-order valence-corrected chi connectivity index (χ3v) is 2.52. The molecule has 1 aliphatic heterocycles. The molecule has 0 aromatic carbocycles. The molecule has 88 valence electrons. The molecule has 1 aromatic rings. The number of terminal acetylenes is 1. The lowest BCUT2D eigenvalue weighted by Gasteiger charge is -2.14. The van der Waals surface area contributed by atoms with Gasteiger partial charge in [0, 0.05) is 24.9 Å². The van der Waals surface area contributed by atoms with Crippen molar-refractivity contribution >= 4 is 17.7 Å². The number of methoxy groups -OCH3 is 1. The van der Waals surface area contributed by atoms with Gasteiger partial charge < -0.3 is 10.5 Å². The van der Waals surface area contributed by atoms with E-state index in [1.54, 1.807) is 0 Å². The Kier molecular flexibility index (Phi) is 2.83. The Morgan fingerprint density at radius 3 is 3.00 bits per heavy atom. The van der Waals surface area contributed by atoms with Crippen molar-refractivity contribution in [1.82, 2.24) is 9.97 Å². The van der Waals surface area contributed by atoms with E-state index in [0.29, 0.717) is 18.8 Å². The van der Waals surface area contributed by atoms with Gasteiger partial charge in [0.1, 0.15) is 5.82 Å². The highest BCUT2D eigenvalue weighted by Gasteiger charge is 2.31. The average molecular weight is 232 g/mol. The minimum Gasteiger partial charge on any atom is -0.481 e. The van der Waals surface area contributed by atoms with Crippen LogP contribution in [-0.2, 0) is 4.79 Å². The van der Waals surface area contributed by atoms with Crippen molar-refractivity contribution in [2.45, 2.75) is 6.42 Å². The summed E-state index contributed by atoms with van der Waals surface area (Å²) < 4.78 is 4.97. The molecule has 1 saturated heterocycles. The molecule has 1 unspecified atom stereocenters. The Morgan fingerprint density at radius 1 is 1.65 bits per heavy atom. The number of aromatic nitrogens is 2. The van der Waals surface area contributed by atoms with Crippen LogP contribution in [0.5, 0.6) is 5.88 Å². The lowest BCUT2D eigenvalue weighted by molar-refractivity contribution is -0.117. The van der Waals surface area contributed by atoms with Gasteiger partial charge in [-0.2, -0.15) is 9.97 Å². The van der Waals surface area contributed by atoms with Gasteiger partial charge in [0.05, 0.1) is 7.11 Å². The molecule has 0 aliphatic carbocycles. The second-order valence-corrected chi connectivity index (χ2v) is 3.71. The van der Waals surface area contributed by atoms with E-state index in [-0.39, 0.29) is 23.6 Å². The van der Waals surface area contributed by atoms with Gasteiger partial charge in [0.2, 0.25) is 17.7 Å². The fraction of sp³-hybridized carbons (Fsp3) is 0.364. The molecule has 1 amide bonds. The highest BCUT2D eigenvalue weighted by atomic mass is 16.5. The molecular weight excluding hydrogens is 220 g/mol. The Morgan fingerprint density at radius 2 is 2.41 bits per heavy atom. The summed E-state index contributed by atoms with van der Waals surface area (Å²) in [7, 11) is 1.47. The number of rotatable bonds is 2. The van der Waals surface area contributed by atoms with Crippen LogP contribution in [0.3, 0.4) is 0 Å². The van der Waals surface area contributed by atoms with Gasteiger partial charge in [-0.3, -0.25) is 9.69 Å². The van der Waals surface area contributed by atoms with Crippen molar-refractivity contribution < 1.29 is 9.53 Å². The summed E-state index contributed by atoms with van der Waals surface area (Å²) in [5, 5.41) is 0. The Balaban J connectivity index is 2.32. The second kappa shape index (κ2) is 4.29. The summed E-state index contributed by atoms with van der Waals surface area (Å²) in [5.74, 6) is 3.18. The highest BCUT2D eigenvalue weighted by Crippen LogP contribution is 2.24. The minimum atomic E-state index is -0.0986. The first-order valence-electron chi connectivity index (χ1n) is 5.09. The molecule has 2 N–H and O–H groups in total. The zero-order valence-electron chi connectivity index (χ0n) is 9.38. The van der Waals surface area contributed by atoms with Crippen molar-refractivity contribution in [2.24, 2.45) is 5.92 Å². The van der Waals surface area contributed by atoms with Crippen LogP contribution in [0.15, 0.2) is 6.07 Å². The molecule has 2 heterocycles. The highest BCUT2D eigenvalue weighted by molar-refractivity contribution is 5.94. The molecule has 0 bridgehead atoms. The van der Waals surface area contributed by atoms with E-state index in [4.69, 9.17) is 16.9 Å². The van der Waals surface area contributed by atoms with E-state index < -0.39 is 0 Å². The van der Waals surface area contributed by atoms with E-state index in [9.17, 15) is 4.79 Å². The molecule has 1 aliphatic rings. The number of carbonyl (C=O) groups excluding carboxylic acids is 1. The third-order valence-electron chi connectivity index (χ3n) is 2.52. The summed E-state index contributed by atoms with van der Waals surface area (Å²) in [6, 6.07) is 1.49. The van der Waals surface area contributed by atoms with E-state index in [2.05, 4.69) is 15.9 Å². The quantitative estimate of drug-likeness (QED) is 0.729. The number of hydrogen-bond acceptors (Lipinski definition) is 5. The van der Waals surface area contributed by atoms with Crippen molar-refractivity contribution in [3.8, 4) is 18.2 Å². The zero-order valence-corrected chi connectivity index (χ0v) is 9.38. The van der Waals surface area contributed by atoms with Crippen LogP contribution in [0.2, 0.25) is 0 Å². The van der Waals surface area contributed by atoms with E-state index >= 15 is 0 Å². The lowest BCUT2D eigenvalue weighted by Crippen LogP contribution is -2.26. The summed E-state index contributed by atoms with van der Waals surface area (Å²) in [4.78, 5) is 21.2. The largest absolute Gasteiger partial charge is 0.481 e. The zero-order chi connectivity index (χ0) is 12.4. The average Bonchev–Trinajstić information content (AvgIpc) is 2.69. The van der Waals surface area contributed by atoms with E-state index in [1.807, 2.05) is 0 Å². The number of nitrogens with two attached hydrogens (primary N) is 1. The van der Waals surface area contributed by atoms with Gasteiger partial charge in [-0.15, -0.1) is 12.3 Å². The molecule has 1 atom stereocenters. The molecule has 0 radical (unpaired) electrons. The molecule has 17 heavy (non-hydrogen) atoms.